The molecule has 4 heteroatoms. The molecule has 0 amide bonds. The molecule has 0 fully saturated rings. The van der Waals surface area contributed by atoms with E-state index in [9.17, 15) is 4.79 Å². The molecule has 3 nitrogen and oxygen atoms in total. The second-order valence-electron chi connectivity index (χ2n) is 4.16. The summed E-state index contributed by atoms with van der Waals surface area (Å²) >= 11 is 1.49. The van der Waals surface area contributed by atoms with Gasteiger partial charge in [-0.1, -0.05) is 23.8 Å². The number of rotatable bonds is 3. The molecule has 0 aliphatic rings. The first-order valence-electron chi connectivity index (χ1n) is 5.75. The van der Waals surface area contributed by atoms with Crippen LogP contribution in [-0.4, -0.2) is 10.8 Å². The Kier molecular flexibility index (Phi) is 3.88. The molecule has 1 heterocycles. The maximum Gasteiger partial charge on any atom is 0.203 e. The standard InChI is InChI=1S/C15H12N2OS/c1-10-4-3-5-12(6-10)15(18)13(8-16)7-14-9-19-11(2)17-14/h3-7,9H,1-2H3/b13-7+. The van der Waals surface area contributed by atoms with E-state index in [-0.39, 0.29) is 11.4 Å². The van der Waals surface area contributed by atoms with Gasteiger partial charge >= 0.3 is 0 Å². The Labute approximate surface area is 115 Å². The number of hydrogen-bond acceptors (Lipinski definition) is 4. The van der Waals surface area contributed by atoms with E-state index in [0.717, 1.165) is 10.6 Å². The first-order valence-corrected chi connectivity index (χ1v) is 6.63. The van der Waals surface area contributed by atoms with Gasteiger partial charge in [0.15, 0.2) is 0 Å². The van der Waals surface area contributed by atoms with Crippen molar-refractivity contribution in [3.8, 4) is 6.07 Å². The van der Waals surface area contributed by atoms with Crippen molar-refractivity contribution in [2.75, 3.05) is 0 Å². The Hall–Kier alpha value is -2.25. The summed E-state index contributed by atoms with van der Waals surface area (Å²) in [5.41, 5.74) is 2.28. The summed E-state index contributed by atoms with van der Waals surface area (Å²) in [5, 5.41) is 11.9. The molecule has 2 aromatic rings. The monoisotopic (exact) mass is 268 g/mol. The highest BCUT2D eigenvalue weighted by Gasteiger charge is 2.12. The molecule has 94 valence electrons. The third-order valence-corrected chi connectivity index (χ3v) is 3.37. The molecule has 0 spiro atoms. The van der Waals surface area contributed by atoms with Gasteiger partial charge in [-0.15, -0.1) is 11.3 Å². The number of thiazole rings is 1. The van der Waals surface area contributed by atoms with E-state index in [1.165, 1.54) is 17.4 Å². The zero-order valence-corrected chi connectivity index (χ0v) is 11.5. The number of aromatic nitrogens is 1. The summed E-state index contributed by atoms with van der Waals surface area (Å²) in [6.07, 6.45) is 1.54. The van der Waals surface area contributed by atoms with Crippen LogP contribution < -0.4 is 0 Å². The van der Waals surface area contributed by atoms with Crippen molar-refractivity contribution in [1.29, 1.82) is 5.26 Å². The molecule has 0 unspecified atom stereocenters. The first-order chi connectivity index (χ1) is 9.10. The maximum atomic E-state index is 12.2. The normalized spacial score (nSPS) is 11.1. The fourth-order valence-corrected chi connectivity index (χ4v) is 2.25. The average molecular weight is 268 g/mol. The molecule has 0 aliphatic carbocycles. The molecule has 19 heavy (non-hydrogen) atoms. The lowest BCUT2D eigenvalue weighted by Crippen LogP contribution is -2.02. The number of hydrogen-bond donors (Lipinski definition) is 0. The molecule has 0 N–H and O–H groups in total. The van der Waals surface area contributed by atoms with Crippen molar-refractivity contribution in [1.82, 2.24) is 4.98 Å². The highest BCUT2D eigenvalue weighted by Crippen LogP contribution is 2.15. The predicted molar refractivity (Wildman–Crippen MR) is 76.0 cm³/mol. The SMILES string of the molecule is Cc1cccc(C(=O)/C(C#N)=C/c2csc(C)n2)c1. The Morgan fingerprint density at radius 2 is 2.21 bits per heavy atom. The van der Waals surface area contributed by atoms with Gasteiger partial charge in [-0.05, 0) is 26.0 Å². The van der Waals surface area contributed by atoms with E-state index < -0.39 is 0 Å². The lowest BCUT2D eigenvalue weighted by molar-refractivity contribution is 0.104. The van der Waals surface area contributed by atoms with E-state index in [2.05, 4.69) is 4.98 Å². The number of nitriles is 1. The number of ketones is 1. The van der Waals surface area contributed by atoms with Crippen molar-refractivity contribution in [2.24, 2.45) is 0 Å². The van der Waals surface area contributed by atoms with Gasteiger partial charge in [0.1, 0.15) is 11.6 Å². The highest BCUT2D eigenvalue weighted by molar-refractivity contribution is 7.09. The van der Waals surface area contributed by atoms with Crippen LogP contribution in [0.25, 0.3) is 6.08 Å². The number of nitrogens with zero attached hydrogens (tertiary/aromatic N) is 2. The first kappa shape index (κ1) is 13.2. The topological polar surface area (TPSA) is 53.8 Å². The lowest BCUT2D eigenvalue weighted by Gasteiger charge is -2.00. The molecule has 1 aromatic carbocycles. The lowest BCUT2D eigenvalue weighted by atomic mass is 10.0. The molecule has 1 aromatic heterocycles. The summed E-state index contributed by atoms with van der Waals surface area (Å²) in [7, 11) is 0. The van der Waals surface area contributed by atoms with E-state index in [1.807, 2.05) is 37.4 Å². The summed E-state index contributed by atoms with van der Waals surface area (Å²) in [6.45, 7) is 3.80. The number of aryl methyl sites for hydroxylation is 2. The van der Waals surface area contributed by atoms with E-state index in [4.69, 9.17) is 5.26 Å². The van der Waals surface area contributed by atoms with Gasteiger partial charge in [0, 0.05) is 10.9 Å². The Morgan fingerprint density at radius 3 is 2.79 bits per heavy atom. The van der Waals surface area contributed by atoms with Crippen LogP contribution in [-0.2, 0) is 0 Å². The van der Waals surface area contributed by atoms with Gasteiger partial charge in [-0.3, -0.25) is 4.79 Å². The molecular weight excluding hydrogens is 256 g/mol. The fourth-order valence-electron chi connectivity index (χ4n) is 1.68. The molecular formula is C15H12N2OS. The fraction of sp³-hybridized carbons (Fsp3) is 0.133. The summed E-state index contributed by atoms with van der Waals surface area (Å²) in [6, 6.07) is 9.17. The van der Waals surface area contributed by atoms with E-state index in [0.29, 0.717) is 11.3 Å². The third-order valence-electron chi connectivity index (χ3n) is 2.57. The van der Waals surface area contributed by atoms with Gasteiger partial charge in [0.05, 0.1) is 10.7 Å². The molecule has 0 atom stereocenters. The number of carbonyl (C=O) groups is 1. The smallest absolute Gasteiger partial charge is 0.203 e. The van der Waals surface area contributed by atoms with Gasteiger partial charge < -0.3 is 0 Å². The van der Waals surface area contributed by atoms with Crippen molar-refractivity contribution in [3.05, 3.63) is 57.0 Å². The second kappa shape index (κ2) is 5.59. The van der Waals surface area contributed by atoms with Crippen LogP contribution in [0.2, 0.25) is 0 Å². The number of Topliss-reactive ketones (excluding diaryl/α,β-unsaturated/α-hetero) is 1. The van der Waals surface area contributed by atoms with Crippen LogP contribution in [0.5, 0.6) is 0 Å². The predicted octanol–water partition coefficient (Wildman–Crippen LogP) is 3.55. The van der Waals surface area contributed by atoms with Crippen molar-refractivity contribution >= 4 is 23.2 Å². The third kappa shape index (κ3) is 3.15. The maximum absolute atomic E-state index is 12.2. The zero-order valence-electron chi connectivity index (χ0n) is 10.7. The molecule has 0 saturated heterocycles. The molecule has 0 saturated carbocycles. The van der Waals surface area contributed by atoms with Crippen LogP contribution >= 0.6 is 11.3 Å². The largest absolute Gasteiger partial charge is 0.288 e. The van der Waals surface area contributed by atoms with Crippen molar-refractivity contribution < 1.29 is 4.79 Å². The van der Waals surface area contributed by atoms with Crippen molar-refractivity contribution in [3.63, 3.8) is 0 Å². The minimum atomic E-state index is -0.267. The summed E-state index contributed by atoms with van der Waals surface area (Å²) < 4.78 is 0. The zero-order chi connectivity index (χ0) is 13.8. The number of carbonyl (C=O) groups excluding carboxylic acids is 1. The number of benzene rings is 1. The van der Waals surface area contributed by atoms with Gasteiger partial charge in [0.2, 0.25) is 5.78 Å². The van der Waals surface area contributed by atoms with Crippen LogP contribution in [0.4, 0.5) is 0 Å². The van der Waals surface area contributed by atoms with Crippen LogP contribution in [0, 0.1) is 25.2 Å². The van der Waals surface area contributed by atoms with E-state index >= 15 is 0 Å². The van der Waals surface area contributed by atoms with Crippen LogP contribution in [0.1, 0.15) is 26.6 Å². The molecule has 0 radical (unpaired) electrons. The average Bonchev–Trinajstić information content (AvgIpc) is 2.81. The quantitative estimate of drug-likeness (QED) is 0.486. The summed E-state index contributed by atoms with van der Waals surface area (Å²) in [5.74, 6) is -0.267. The Morgan fingerprint density at radius 1 is 1.42 bits per heavy atom. The molecule has 0 bridgehead atoms. The minimum Gasteiger partial charge on any atom is -0.288 e. The second-order valence-corrected chi connectivity index (χ2v) is 5.22. The highest BCUT2D eigenvalue weighted by atomic mass is 32.1. The Balaban J connectivity index is 2.35. The van der Waals surface area contributed by atoms with Gasteiger partial charge in [-0.25, -0.2) is 4.98 Å². The molecule has 2 rings (SSSR count). The van der Waals surface area contributed by atoms with Gasteiger partial charge in [-0.2, -0.15) is 5.26 Å². The van der Waals surface area contributed by atoms with Crippen LogP contribution in [0.3, 0.4) is 0 Å². The number of allylic oxidation sites excluding steroid dienone is 1. The van der Waals surface area contributed by atoms with Crippen LogP contribution in [0.15, 0.2) is 35.2 Å². The van der Waals surface area contributed by atoms with Crippen molar-refractivity contribution in [2.45, 2.75) is 13.8 Å². The summed E-state index contributed by atoms with van der Waals surface area (Å²) in [4.78, 5) is 16.5. The molecule has 0 aliphatic heterocycles. The van der Waals surface area contributed by atoms with Gasteiger partial charge in [0.25, 0.3) is 0 Å². The Bertz CT molecular complexity index is 692. The minimum absolute atomic E-state index is 0.107. The van der Waals surface area contributed by atoms with E-state index in [1.54, 1.807) is 12.1 Å².